The van der Waals surface area contributed by atoms with Gasteiger partial charge < -0.3 is 10.4 Å². The Labute approximate surface area is 91.5 Å². The molecule has 1 rings (SSSR count). The Kier molecular flexibility index (Phi) is 3.74. The zero-order chi connectivity index (χ0) is 12.1. The average molecular weight is 222 g/mol. The highest BCUT2D eigenvalue weighted by Crippen LogP contribution is 2.17. The Morgan fingerprint density at radius 3 is 2.94 bits per heavy atom. The van der Waals surface area contributed by atoms with Crippen LogP contribution in [0.5, 0.6) is 0 Å². The van der Waals surface area contributed by atoms with Crippen LogP contribution in [0.15, 0.2) is 12.1 Å². The molecule has 1 unspecified atom stereocenters. The van der Waals surface area contributed by atoms with Crippen LogP contribution in [-0.2, 0) is 0 Å². The van der Waals surface area contributed by atoms with E-state index in [0.717, 1.165) is 0 Å². The van der Waals surface area contributed by atoms with Crippen molar-refractivity contribution in [3.63, 3.8) is 0 Å². The summed E-state index contributed by atoms with van der Waals surface area (Å²) in [6, 6.07) is 4.24. The molecule has 0 aromatic carbocycles. The number of nitro groups is 1. The van der Waals surface area contributed by atoms with Gasteiger partial charge in [0.1, 0.15) is 11.9 Å². The lowest BCUT2D eigenvalue weighted by atomic mass is 10.3. The molecule has 0 fully saturated rings. The average Bonchev–Trinajstić information content (AvgIpc) is 2.25. The molecule has 1 atom stereocenters. The smallest absolute Gasteiger partial charge is 0.305 e. The van der Waals surface area contributed by atoms with E-state index in [1.807, 2.05) is 0 Å². The SMILES string of the molecule is CC(O)CNc1ccc([N+](=O)[O-])c(C#N)n1. The number of rotatable bonds is 4. The monoisotopic (exact) mass is 222 g/mol. The molecule has 0 aliphatic rings. The largest absolute Gasteiger partial charge is 0.392 e. The van der Waals surface area contributed by atoms with E-state index in [4.69, 9.17) is 10.4 Å². The lowest BCUT2D eigenvalue weighted by molar-refractivity contribution is -0.385. The number of pyridine rings is 1. The van der Waals surface area contributed by atoms with Crippen LogP contribution in [0, 0.1) is 21.4 Å². The second-order valence-corrected chi connectivity index (χ2v) is 3.16. The molecule has 0 aliphatic heterocycles. The highest BCUT2D eigenvalue weighted by Gasteiger charge is 2.15. The highest BCUT2D eigenvalue weighted by molar-refractivity contribution is 5.50. The van der Waals surface area contributed by atoms with E-state index in [0.29, 0.717) is 5.82 Å². The van der Waals surface area contributed by atoms with Crippen molar-refractivity contribution in [3.8, 4) is 6.07 Å². The first kappa shape index (κ1) is 11.9. The summed E-state index contributed by atoms with van der Waals surface area (Å²) in [4.78, 5) is 13.6. The van der Waals surface area contributed by atoms with Gasteiger partial charge in [-0.15, -0.1) is 0 Å². The van der Waals surface area contributed by atoms with Gasteiger partial charge in [-0.3, -0.25) is 10.1 Å². The molecule has 7 nitrogen and oxygen atoms in total. The number of nitriles is 1. The summed E-state index contributed by atoms with van der Waals surface area (Å²) in [6.45, 7) is 1.85. The van der Waals surface area contributed by atoms with Gasteiger partial charge in [0.15, 0.2) is 0 Å². The van der Waals surface area contributed by atoms with Crippen LogP contribution >= 0.6 is 0 Å². The quantitative estimate of drug-likeness (QED) is 0.571. The van der Waals surface area contributed by atoms with Gasteiger partial charge in [0, 0.05) is 12.6 Å². The lowest BCUT2D eigenvalue weighted by Crippen LogP contribution is -2.16. The minimum Gasteiger partial charge on any atom is -0.392 e. The minimum absolute atomic E-state index is 0.249. The second-order valence-electron chi connectivity index (χ2n) is 3.16. The first-order chi connectivity index (χ1) is 7.54. The van der Waals surface area contributed by atoms with Crippen molar-refractivity contribution < 1.29 is 10.0 Å². The first-order valence-electron chi connectivity index (χ1n) is 4.52. The molecule has 0 saturated heterocycles. The maximum Gasteiger partial charge on any atom is 0.305 e. The van der Waals surface area contributed by atoms with E-state index < -0.39 is 11.0 Å². The van der Waals surface area contributed by atoms with Crippen LogP contribution in [0.3, 0.4) is 0 Å². The number of nitrogens with one attached hydrogen (secondary N) is 1. The number of anilines is 1. The normalized spacial score (nSPS) is 11.6. The molecule has 1 aromatic heterocycles. The fourth-order valence-electron chi connectivity index (χ4n) is 1.03. The second kappa shape index (κ2) is 5.04. The van der Waals surface area contributed by atoms with Crippen LogP contribution in [0.4, 0.5) is 11.5 Å². The predicted molar refractivity (Wildman–Crippen MR) is 55.8 cm³/mol. The van der Waals surface area contributed by atoms with E-state index in [1.54, 1.807) is 13.0 Å². The van der Waals surface area contributed by atoms with Gasteiger partial charge in [0.05, 0.1) is 11.0 Å². The summed E-state index contributed by atoms with van der Waals surface area (Å²) < 4.78 is 0. The Morgan fingerprint density at radius 2 is 2.44 bits per heavy atom. The maximum atomic E-state index is 10.5. The number of aliphatic hydroxyl groups excluding tert-OH is 1. The lowest BCUT2D eigenvalue weighted by Gasteiger charge is -2.07. The fourth-order valence-corrected chi connectivity index (χ4v) is 1.03. The zero-order valence-electron chi connectivity index (χ0n) is 8.54. The van der Waals surface area contributed by atoms with E-state index in [1.165, 1.54) is 12.1 Å². The van der Waals surface area contributed by atoms with Gasteiger partial charge in [0.2, 0.25) is 5.69 Å². The Hall–Kier alpha value is -2.20. The third kappa shape index (κ3) is 2.90. The van der Waals surface area contributed by atoms with E-state index in [9.17, 15) is 10.1 Å². The summed E-state index contributed by atoms with van der Waals surface area (Å²) in [6.07, 6.45) is -0.567. The predicted octanol–water partition coefficient (Wildman–Crippen LogP) is 0.654. The molecule has 0 amide bonds. The molecule has 16 heavy (non-hydrogen) atoms. The molecule has 84 valence electrons. The van der Waals surface area contributed by atoms with Crippen molar-refractivity contribution in [2.45, 2.75) is 13.0 Å². The molecule has 0 aliphatic carbocycles. The van der Waals surface area contributed by atoms with Gasteiger partial charge in [-0.05, 0) is 13.0 Å². The fraction of sp³-hybridized carbons (Fsp3) is 0.333. The van der Waals surface area contributed by atoms with E-state index in [2.05, 4.69) is 10.3 Å². The van der Waals surface area contributed by atoms with E-state index >= 15 is 0 Å². The molecule has 7 heteroatoms. The van der Waals surface area contributed by atoms with Crippen molar-refractivity contribution in [2.75, 3.05) is 11.9 Å². The number of hydrogen-bond donors (Lipinski definition) is 2. The number of hydrogen-bond acceptors (Lipinski definition) is 6. The van der Waals surface area contributed by atoms with Crippen molar-refractivity contribution >= 4 is 11.5 Å². The maximum absolute atomic E-state index is 10.5. The molecule has 0 saturated carbocycles. The van der Waals surface area contributed by atoms with Crippen LogP contribution in [0.25, 0.3) is 0 Å². The molecule has 0 spiro atoms. The van der Waals surface area contributed by atoms with E-state index in [-0.39, 0.29) is 17.9 Å². The molecular formula is C9H10N4O3. The van der Waals surface area contributed by atoms with Crippen LogP contribution in [0.1, 0.15) is 12.6 Å². The minimum atomic E-state index is -0.663. The molecule has 2 N–H and O–H groups in total. The molecule has 1 aromatic rings. The standard InChI is InChI=1S/C9H10N4O3/c1-6(14)5-11-9-3-2-8(13(15)16)7(4-10)12-9/h2-3,6,14H,5H2,1H3,(H,11,12). The molecule has 0 radical (unpaired) electrons. The summed E-state index contributed by atoms with van der Waals surface area (Å²) in [5.41, 5.74) is -0.578. The van der Waals surface area contributed by atoms with Crippen molar-refractivity contribution in [1.82, 2.24) is 4.98 Å². The summed E-state index contributed by atoms with van der Waals surface area (Å²) in [7, 11) is 0. The van der Waals surface area contributed by atoms with Crippen molar-refractivity contribution in [2.24, 2.45) is 0 Å². The van der Waals surface area contributed by atoms with Gasteiger partial charge in [-0.2, -0.15) is 5.26 Å². The van der Waals surface area contributed by atoms with Gasteiger partial charge >= 0.3 is 5.69 Å². The third-order valence-corrected chi connectivity index (χ3v) is 1.76. The summed E-state index contributed by atoms with van der Waals surface area (Å²) >= 11 is 0. The van der Waals surface area contributed by atoms with Crippen molar-refractivity contribution in [3.05, 3.63) is 27.9 Å². The van der Waals surface area contributed by atoms with Crippen LogP contribution in [0.2, 0.25) is 0 Å². The highest BCUT2D eigenvalue weighted by atomic mass is 16.6. The summed E-state index contributed by atoms with van der Waals surface area (Å²) in [5, 5.41) is 31.0. The molecular weight excluding hydrogens is 212 g/mol. The molecule has 0 bridgehead atoms. The van der Waals surface area contributed by atoms with Crippen molar-refractivity contribution in [1.29, 1.82) is 5.26 Å². The zero-order valence-corrected chi connectivity index (χ0v) is 8.54. The van der Waals surface area contributed by atoms with Crippen LogP contribution < -0.4 is 5.32 Å². The number of aliphatic hydroxyl groups is 1. The number of aromatic nitrogens is 1. The Balaban J connectivity index is 2.92. The van der Waals surface area contributed by atoms with Gasteiger partial charge in [0.25, 0.3) is 0 Å². The van der Waals surface area contributed by atoms with Gasteiger partial charge in [-0.1, -0.05) is 0 Å². The topological polar surface area (TPSA) is 112 Å². The third-order valence-electron chi connectivity index (χ3n) is 1.76. The Morgan fingerprint density at radius 1 is 1.75 bits per heavy atom. The first-order valence-corrected chi connectivity index (χ1v) is 4.52. The Bertz CT molecular complexity index is 439. The van der Waals surface area contributed by atoms with Crippen LogP contribution in [-0.4, -0.2) is 27.7 Å². The molecule has 1 heterocycles. The van der Waals surface area contributed by atoms with Gasteiger partial charge in [-0.25, -0.2) is 4.98 Å². The number of nitrogens with zero attached hydrogens (tertiary/aromatic N) is 3. The summed E-state index contributed by atoms with van der Waals surface area (Å²) in [5.74, 6) is 0.322.